The SMILES string of the molecule is O=C1CSC(c2ccc(F)c(Br)c2)N1Cc1ccc2c(c1)OCO2. The Hall–Kier alpha value is -1.73. The maximum Gasteiger partial charge on any atom is 0.234 e. The number of nitrogens with zero attached hydrogens (tertiary/aromatic N) is 1. The quantitative estimate of drug-likeness (QED) is 0.764. The normalized spacial score (nSPS) is 19.2. The van der Waals surface area contributed by atoms with E-state index in [2.05, 4.69) is 15.9 Å². The zero-order valence-corrected chi connectivity index (χ0v) is 14.9. The Morgan fingerprint density at radius 3 is 2.88 bits per heavy atom. The highest BCUT2D eigenvalue weighted by Gasteiger charge is 2.33. The van der Waals surface area contributed by atoms with E-state index >= 15 is 0 Å². The van der Waals surface area contributed by atoms with Crippen LogP contribution in [0.4, 0.5) is 4.39 Å². The summed E-state index contributed by atoms with van der Waals surface area (Å²) < 4.78 is 24.6. The number of rotatable bonds is 3. The Morgan fingerprint density at radius 1 is 1.21 bits per heavy atom. The molecule has 2 aromatic rings. The molecular formula is C17H13BrFNO3S. The molecule has 1 amide bonds. The Bertz CT molecular complexity index is 816. The van der Waals surface area contributed by atoms with Gasteiger partial charge in [-0.3, -0.25) is 4.79 Å². The summed E-state index contributed by atoms with van der Waals surface area (Å²) in [6.07, 6.45) is 0. The van der Waals surface area contributed by atoms with E-state index in [0.717, 1.165) is 16.9 Å². The summed E-state index contributed by atoms with van der Waals surface area (Å²) in [5, 5.41) is -0.125. The molecule has 2 aliphatic rings. The number of thioether (sulfide) groups is 1. The lowest BCUT2D eigenvalue weighted by Crippen LogP contribution is -2.27. The number of hydrogen-bond donors (Lipinski definition) is 0. The van der Waals surface area contributed by atoms with Crippen molar-refractivity contribution in [2.75, 3.05) is 12.5 Å². The van der Waals surface area contributed by atoms with Gasteiger partial charge < -0.3 is 14.4 Å². The van der Waals surface area contributed by atoms with Gasteiger partial charge in [-0.15, -0.1) is 11.8 Å². The highest BCUT2D eigenvalue weighted by Crippen LogP contribution is 2.41. The average molecular weight is 410 g/mol. The van der Waals surface area contributed by atoms with Crippen LogP contribution in [-0.2, 0) is 11.3 Å². The third-order valence-electron chi connectivity index (χ3n) is 3.99. The lowest BCUT2D eigenvalue weighted by Gasteiger charge is -2.24. The monoisotopic (exact) mass is 409 g/mol. The van der Waals surface area contributed by atoms with Crippen molar-refractivity contribution in [1.82, 2.24) is 4.90 Å². The van der Waals surface area contributed by atoms with Crippen LogP contribution in [0.3, 0.4) is 0 Å². The highest BCUT2D eigenvalue weighted by atomic mass is 79.9. The zero-order valence-electron chi connectivity index (χ0n) is 12.5. The number of fused-ring (bicyclic) bond motifs is 1. The van der Waals surface area contributed by atoms with Crippen molar-refractivity contribution in [2.24, 2.45) is 0 Å². The Kier molecular flexibility index (Phi) is 4.14. The van der Waals surface area contributed by atoms with Gasteiger partial charge >= 0.3 is 0 Å². The second-order valence-corrected chi connectivity index (χ2v) is 7.47. The van der Waals surface area contributed by atoms with E-state index in [1.54, 1.807) is 23.9 Å². The fourth-order valence-electron chi connectivity index (χ4n) is 2.80. The van der Waals surface area contributed by atoms with Crippen molar-refractivity contribution in [2.45, 2.75) is 11.9 Å². The molecular weight excluding hydrogens is 397 g/mol. The van der Waals surface area contributed by atoms with Gasteiger partial charge in [0.2, 0.25) is 12.7 Å². The first kappa shape index (κ1) is 15.8. The number of halogens is 2. The van der Waals surface area contributed by atoms with Gasteiger partial charge in [-0.2, -0.15) is 0 Å². The highest BCUT2D eigenvalue weighted by molar-refractivity contribution is 9.10. The van der Waals surface area contributed by atoms with Gasteiger partial charge in [-0.25, -0.2) is 4.39 Å². The van der Waals surface area contributed by atoms with Crippen molar-refractivity contribution in [3.05, 3.63) is 57.8 Å². The number of ether oxygens (including phenoxy) is 2. The van der Waals surface area contributed by atoms with E-state index in [9.17, 15) is 9.18 Å². The largest absolute Gasteiger partial charge is 0.454 e. The lowest BCUT2D eigenvalue weighted by molar-refractivity contribution is -0.128. The Labute approximate surface area is 151 Å². The van der Waals surface area contributed by atoms with E-state index < -0.39 is 0 Å². The molecule has 1 fully saturated rings. The van der Waals surface area contributed by atoms with E-state index in [-0.39, 0.29) is 23.9 Å². The van der Waals surface area contributed by atoms with Crippen LogP contribution in [0.1, 0.15) is 16.5 Å². The van der Waals surface area contributed by atoms with Crippen molar-refractivity contribution < 1.29 is 18.7 Å². The first-order chi connectivity index (χ1) is 11.6. The minimum Gasteiger partial charge on any atom is -0.454 e. The van der Waals surface area contributed by atoms with Crippen LogP contribution in [-0.4, -0.2) is 23.4 Å². The maximum absolute atomic E-state index is 13.5. The number of benzene rings is 2. The molecule has 24 heavy (non-hydrogen) atoms. The van der Waals surface area contributed by atoms with E-state index in [1.807, 2.05) is 23.1 Å². The molecule has 0 N–H and O–H groups in total. The first-order valence-electron chi connectivity index (χ1n) is 7.36. The van der Waals surface area contributed by atoms with Crippen molar-refractivity contribution in [1.29, 1.82) is 0 Å². The third-order valence-corrected chi connectivity index (χ3v) is 5.85. The summed E-state index contributed by atoms with van der Waals surface area (Å²) in [6, 6.07) is 10.6. The summed E-state index contributed by atoms with van der Waals surface area (Å²) in [4.78, 5) is 14.1. The smallest absolute Gasteiger partial charge is 0.234 e. The summed E-state index contributed by atoms with van der Waals surface area (Å²) >= 11 is 4.76. The molecule has 0 spiro atoms. The number of carbonyl (C=O) groups excluding carboxylic acids is 1. The summed E-state index contributed by atoms with van der Waals surface area (Å²) in [6.45, 7) is 0.700. The summed E-state index contributed by atoms with van der Waals surface area (Å²) in [5.41, 5.74) is 1.88. The molecule has 0 saturated carbocycles. The van der Waals surface area contributed by atoms with Crippen LogP contribution in [0.25, 0.3) is 0 Å². The zero-order chi connectivity index (χ0) is 16.7. The average Bonchev–Trinajstić information content (AvgIpc) is 3.17. The van der Waals surface area contributed by atoms with Crippen LogP contribution in [0, 0.1) is 5.82 Å². The van der Waals surface area contributed by atoms with Gasteiger partial charge in [0.15, 0.2) is 11.5 Å². The molecule has 4 nitrogen and oxygen atoms in total. The van der Waals surface area contributed by atoms with Gasteiger partial charge in [-0.1, -0.05) is 12.1 Å². The van der Waals surface area contributed by atoms with Gasteiger partial charge in [-0.05, 0) is 51.3 Å². The molecule has 124 valence electrons. The van der Waals surface area contributed by atoms with Crippen LogP contribution in [0.2, 0.25) is 0 Å². The maximum atomic E-state index is 13.5. The molecule has 2 aliphatic heterocycles. The second kappa shape index (κ2) is 6.29. The van der Waals surface area contributed by atoms with Crippen molar-refractivity contribution >= 4 is 33.6 Å². The molecule has 4 rings (SSSR count). The standard InChI is InChI=1S/C17H13BrFNO3S/c18-12-6-11(2-3-13(12)19)17-20(16(21)8-24-17)7-10-1-4-14-15(5-10)23-9-22-14/h1-6,17H,7-9H2. The predicted molar refractivity (Wildman–Crippen MR) is 92.4 cm³/mol. The second-order valence-electron chi connectivity index (χ2n) is 5.55. The molecule has 1 unspecified atom stereocenters. The van der Waals surface area contributed by atoms with Gasteiger partial charge in [0.25, 0.3) is 0 Å². The fraction of sp³-hybridized carbons (Fsp3) is 0.235. The van der Waals surface area contributed by atoms with Crippen LogP contribution >= 0.6 is 27.7 Å². The van der Waals surface area contributed by atoms with Gasteiger partial charge in [0.05, 0.1) is 10.2 Å². The van der Waals surface area contributed by atoms with Gasteiger partial charge in [0, 0.05) is 6.54 Å². The topological polar surface area (TPSA) is 38.8 Å². The van der Waals surface area contributed by atoms with Crippen molar-refractivity contribution in [3.63, 3.8) is 0 Å². The molecule has 2 aromatic carbocycles. The summed E-state index contributed by atoms with van der Waals surface area (Å²) in [5.74, 6) is 1.61. The fourth-order valence-corrected chi connectivity index (χ4v) is 4.38. The number of hydrogen-bond acceptors (Lipinski definition) is 4. The van der Waals surface area contributed by atoms with E-state index in [0.29, 0.717) is 22.5 Å². The lowest BCUT2D eigenvalue weighted by atomic mass is 10.1. The minimum atomic E-state index is -0.310. The summed E-state index contributed by atoms with van der Waals surface area (Å²) in [7, 11) is 0. The molecule has 0 radical (unpaired) electrons. The third kappa shape index (κ3) is 2.86. The van der Waals surface area contributed by atoms with E-state index in [1.165, 1.54) is 6.07 Å². The first-order valence-corrected chi connectivity index (χ1v) is 9.20. The predicted octanol–water partition coefficient (Wildman–Crippen LogP) is 4.09. The van der Waals surface area contributed by atoms with Crippen LogP contribution in [0.5, 0.6) is 11.5 Å². The molecule has 1 atom stereocenters. The minimum absolute atomic E-state index is 0.0723. The van der Waals surface area contributed by atoms with Gasteiger partial charge in [0.1, 0.15) is 11.2 Å². The number of amides is 1. The molecule has 0 aliphatic carbocycles. The Morgan fingerprint density at radius 2 is 2.04 bits per heavy atom. The molecule has 2 heterocycles. The Balaban J connectivity index is 1.60. The van der Waals surface area contributed by atoms with Crippen molar-refractivity contribution in [3.8, 4) is 11.5 Å². The molecule has 0 bridgehead atoms. The van der Waals surface area contributed by atoms with Crippen LogP contribution in [0.15, 0.2) is 40.9 Å². The van der Waals surface area contributed by atoms with Crippen LogP contribution < -0.4 is 9.47 Å². The molecule has 0 aromatic heterocycles. The molecule has 1 saturated heterocycles. The molecule has 7 heteroatoms. The van der Waals surface area contributed by atoms with E-state index in [4.69, 9.17) is 9.47 Å². The number of carbonyl (C=O) groups is 1.